The molecule has 0 saturated heterocycles. The normalized spacial score (nSPS) is 14.8. The lowest BCUT2D eigenvalue weighted by atomic mass is 9.91. The maximum absolute atomic E-state index is 12.2. The third-order valence-electron chi connectivity index (χ3n) is 4.70. The van der Waals surface area contributed by atoms with Crippen molar-refractivity contribution in [2.45, 2.75) is 20.0 Å². The van der Waals surface area contributed by atoms with E-state index < -0.39 is 0 Å². The van der Waals surface area contributed by atoms with Crippen LogP contribution >= 0.6 is 27.3 Å². The van der Waals surface area contributed by atoms with Crippen LogP contribution in [0, 0.1) is 5.92 Å². The molecule has 1 N–H and O–H groups in total. The lowest BCUT2D eigenvalue weighted by Crippen LogP contribution is -2.19. The summed E-state index contributed by atoms with van der Waals surface area (Å²) in [4.78, 5) is 13.3. The first-order chi connectivity index (χ1) is 13.5. The minimum Gasteiger partial charge on any atom is -0.496 e. The van der Waals surface area contributed by atoms with Crippen molar-refractivity contribution >= 4 is 38.9 Å². The second kappa shape index (κ2) is 7.60. The summed E-state index contributed by atoms with van der Waals surface area (Å²) >= 11 is 5.18. The number of anilines is 1. The highest BCUT2D eigenvalue weighted by Crippen LogP contribution is 2.50. The topological polar surface area (TPSA) is 47.6 Å². The maximum atomic E-state index is 12.2. The summed E-state index contributed by atoms with van der Waals surface area (Å²) in [5.41, 5.74) is 3.76. The van der Waals surface area contributed by atoms with Gasteiger partial charge in [-0.2, -0.15) is 0 Å². The van der Waals surface area contributed by atoms with E-state index in [9.17, 15) is 4.79 Å². The molecule has 1 atom stereocenters. The van der Waals surface area contributed by atoms with Crippen LogP contribution in [0.4, 0.5) is 5.69 Å². The molecule has 28 heavy (non-hydrogen) atoms. The molecule has 0 spiro atoms. The highest BCUT2D eigenvalue weighted by molar-refractivity contribution is 9.11. The Morgan fingerprint density at radius 3 is 2.71 bits per heavy atom. The van der Waals surface area contributed by atoms with Crippen molar-refractivity contribution in [3.8, 4) is 22.6 Å². The standard InChI is InChI=1S/C22H20BrNO3S/c1-12(2)22(25)24-13-7-8-14-15(11-13)21(18-9-10-19(23)28-18)27-17-6-4-5-16(26-3)20(14)17/h4-12,21H,1-3H3,(H,24,25). The summed E-state index contributed by atoms with van der Waals surface area (Å²) in [5, 5.41) is 2.99. The van der Waals surface area contributed by atoms with Gasteiger partial charge in [-0.3, -0.25) is 4.79 Å². The van der Waals surface area contributed by atoms with E-state index in [1.165, 1.54) is 0 Å². The van der Waals surface area contributed by atoms with E-state index in [-0.39, 0.29) is 17.9 Å². The van der Waals surface area contributed by atoms with Crippen molar-refractivity contribution < 1.29 is 14.3 Å². The summed E-state index contributed by atoms with van der Waals surface area (Å²) < 4.78 is 13.0. The molecule has 1 aliphatic heterocycles. The molecule has 1 amide bonds. The van der Waals surface area contributed by atoms with Crippen molar-refractivity contribution in [1.29, 1.82) is 0 Å². The molecule has 0 bridgehead atoms. The van der Waals surface area contributed by atoms with Crippen LogP contribution in [0.5, 0.6) is 11.5 Å². The lowest BCUT2D eigenvalue weighted by molar-refractivity contribution is -0.118. The summed E-state index contributed by atoms with van der Waals surface area (Å²) in [5.74, 6) is 1.46. The zero-order valence-corrected chi connectivity index (χ0v) is 18.2. The molecular formula is C22H20BrNO3S. The molecule has 2 heterocycles. The summed E-state index contributed by atoms with van der Waals surface area (Å²) in [6.45, 7) is 3.76. The molecule has 144 valence electrons. The van der Waals surface area contributed by atoms with Gasteiger partial charge < -0.3 is 14.8 Å². The molecule has 3 aromatic rings. The van der Waals surface area contributed by atoms with Gasteiger partial charge in [-0.05, 0) is 57.9 Å². The number of benzene rings is 2. The van der Waals surface area contributed by atoms with Crippen LogP contribution in [0.3, 0.4) is 0 Å². The van der Waals surface area contributed by atoms with Gasteiger partial charge in [0, 0.05) is 17.2 Å². The number of halogens is 1. The Bertz CT molecular complexity index is 1040. The van der Waals surface area contributed by atoms with Gasteiger partial charge in [0.1, 0.15) is 11.5 Å². The SMILES string of the molecule is COc1cccc2c1-c1ccc(NC(=O)C(C)C)cc1C(c1ccc(Br)s1)O2. The van der Waals surface area contributed by atoms with Crippen molar-refractivity contribution in [2.75, 3.05) is 12.4 Å². The van der Waals surface area contributed by atoms with Crippen LogP contribution in [-0.4, -0.2) is 13.0 Å². The molecule has 0 aliphatic carbocycles. The van der Waals surface area contributed by atoms with E-state index in [1.807, 2.05) is 56.3 Å². The van der Waals surface area contributed by atoms with Crippen LogP contribution < -0.4 is 14.8 Å². The van der Waals surface area contributed by atoms with Crippen molar-refractivity contribution in [1.82, 2.24) is 0 Å². The zero-order valence-electron chi connectivity index (χ0n) is 15.8. The molecule has 2 aromatic carbocycles. The first-order valence-corrected chi connectivity index (χ1v) is 10.6. The smallest absolute Gasteiger partial charge is 0.226 e. The fraction of sp³-hybridized carbons (Fsp3) is 0.227. The summed E-state index contributed by atoms with van der Waals surface area (Å²) in [6.07, 6.45) is -0.248. The lowest BCUT2D eigenvalue weighted by Gasteiger charge is -2.29. The molecule has 4 rings (SSSR count). The molecule has 0 radical (unpaired) electrons. The number of carbonyl (C=O) groups excluding carboxylic acids is 1. The number of ether oxygens (including phenoxy) is 2. The Labute approximate surface area is 176 Å². The van der Waals surface area contributed by atoms with Gasteiger partial charge in [0.2, 0.25) is 5.91 Å². The third-order valence-corrected chi connectivity index (χ3v) is 6.37. The number of nitrogens with one attached hydrogen (secondary N) is 1. The van der Waals surface area contributed by atoms with Gasteiger partial charge >= 0.3 is 0 Å². The van der Waals surface area contributed by atoms with E-state index in [1.54, 1.807) is 18.4 Å². The number of amides is 1. The number of rotatable bonds is 4. The van der Waals surface area contributed by atoms with Crippen molar-refractivity contribution in [3.05, 3.63) is 62.8 Å². The molecule has 6 heteroatoms. The van der Waals surface area contributed by atoms with Gasteiger partial charge in [0.15, 0.2) is 6.10 Å². The van der Waals surface area contributed by atoms with Gasteiger partial charge in [-0.15, -0.1) is 11.3 Å². The fourth-order valence-corrected chi connectivity index (χ4v) is 4.76. The number of thiophene rings is 1. The number of fused-ring (bicyclic) bond motifs is 3. The second-order valence-electron chi connectivity index (χ2n) is 6.92. The van der Waals surface area contributed by atoms with Crippen LogP contribution in [0.25, 0.3) is 11.1 Å². The Morgan fingerprint density at radius 1 is 1.21 bits per heavy atom. The van der Waals surface area contributed by atoms with E-state index in [0.717, 1.165) is 42.5 Å². The van der Waals surface area contributed by atoms with E-state index >= 15 is 0 Å². The Hall–Kier alpha value is -2.31. The Balaban J connectivity index is 1.86. The Kier molecular flexibility index (Phi) is 5.17. The molecule has 0 fully saturated rings. The molecular weight excluding hydrogens is 438 g/mol. The summed E-state index contributed by atoms with van der Waals surface area (Å²) in [7, 11) is 1.66. The van der Waals surface area contributed by atoms with Gasteiger partial charge in [-0.1, -0.05) is 26.0 Å². The predicted molar refractivity (Wildman–Crippen MR) is 116 cm³/mol. The average Bonchev–Trinajstić information content (AvgIpc) is 3.12. The molecule has 1 aliphatic rings. The largest absolute Gasteiger partial charge is 0.496 e. The first-order valence-electron chi connectivity index (χ1n) is 9.02. The number of hydrogen-bond acceptors (Lipinski definition) is 4. The molecule has 4 nitrogen and oxygen atoms in total. The van der Waals surface area contributed by atoms with Gasteiger partial charge in [0.05, 0.1) is 21.3 Å². The van der Waals surface area contributed by atoms with Crippen molar-refractivity contribution in [3.63, 3.8) is 0 Å². The number of carbonyl (C=O) groups is 1. The van der Waals surface area contributed by atoms with Crippen LogP contribution in [0.1, 0.15) is 30.4 Å². The maximum Gasteiger partial charge on any atom is 0.226 e. The minimum atomic E-state index is -0.248. The van der Waals surface area contributed by atoms with E-state index in [2.05, 4.69) is 27.3 Å². The van der Waals surface area contributed by atoms with E-state index in [0.29, 0.717) is 0 Å². The monoisotopic (exact) mass is 457 g/mol. The average molecular weight is 458 g/mol. The Morgan fingerprint density at radius 2 is 2.04 bits per heavy atom. The second-order valence-corrected chi connectivity index (χ2v) is 9.41. The zero-order chi connectivity index (χ0) is 19.8. The van der Waals surface area contributed by atoms with E-state index in [4.69, 9.17) is 9.47 Å². The van der Waals surface area contributed by atoms with Gasteiger partial charge in [0.25, 0.3) is 0 Å². The minimum absolute atomic E-state index is 0.00919. The predicted octanol–water partition coefficient (Wildman–Crippen LogP) is 6.26. The molecule has 1 unspecified atom stereocenters. The van der Waals surface area contributed by atoms with Gasteiger partial charge in [-0.25, -0.2) is 0 Å². The third kappa shape index (κ3) is 3.42. The summed E-state index contributed by atoms with van der Waals surface area (Å²) in [6, 6.07) is 15.9. The first kappa shape index (κ1) is 19.0. The quantitative estimate of drug-likeness (QED) is 0.502. The van der Waals surface area contributed by atoms with Crippen LogP contribution in [0.15, 0.2) is 52.3 Å². The fourth-order valence-electron chi connectivity index (χ4n) is 3.29. The highest BCUT2D eigenvalue weighted by Gasteiger charge is 2.31. The number of hydrogen-bond donors (Lipinski definition) is 1. The van der Waals surface area contributed by atoms with Crippen LogP contribution in [-0.2, 0) is 4.79 Å². The molecule has 0 saturated carbocycles. The molecule has 1 aromatic heterocycles. The van der Waals surface area contributed by atoms with Crippen LogP contribution in [0.2, 0.25) is 0 Å². The highest BCUT2D eigenvalue weighted by atomic mass is 79.9. The number of methoxy groups -OCH3 is 1. The van der Waals surface area contributed by atoms with Crippen molar-refractivity contribution in [2.24, 2.45) is 5.92 Å².